The smallest absolute Gasteiger partial charge is 0.0346 e. The summed E-state index contributed by atoms with van der Waals surface area (Å²) >= 11 is 0. The largest absolute Gasteiger partial charge is 0.374 e. The summed E-state index contributed by atoms with van der Waals surface area (Å²) in [6.45, 7) is 10.6. The van der Waals surface area contributed by atoms with E-state index in [4.69, 9.17) is 0 Å². The van der Waals surface area contributed by atoms with Crippen LogP contribution in [0.2, 0.25) is 0 Å². The SMILES string of the molecule is C=C1CCCCCC(C2C(C3CCC(C4CCC4)C3C)CC=CN2CC)CC1. The van der Waals surface area contributed by atoms with E-state index < -0.39 is 0 Å². The second-order valence-corrected chi connectivity index (χ2v) is 10.7. The van der Waals surface area contributed by atoms with Crippen LogP contribution in [0.15, 0.2) is 24.4 Å². The van der Waals surface area contributed by atoms with Crippen molar-refractivity contribution in [3.63, 3.8) is 0 Å². The molecule has 6 unspecified atom stereocenters. The van der Waals surface area contributed by atoms with Crippen molar-refractivity contribution in [3.05, 3.63) is 24.4 Å². The van der Waals surface area contributed by atoms with Crippen LogP contribution in [-0.4, -0.2) is 17.5 Å². The Balaban J connectivity index is 1.52. The molecule has 3 saturated carbocycles. The first kappa shape index (κ1) is 20.5. The molecule has 3 fully saturated rings. The zero-order chi connectivity index (χ0) is 19.5. The van der Waals surface area contributed by atoms with Gasteiger partial charge in [0.05, 0.1) is 0 Å². The summed E-state index contributed by atoms with van der Waals surface area (Å²) < 4.78 is 0. The first-order valence-electron chi connectivity index (χ1n) is 12.8. The van der Waals surface area contributed by atoms with Crippen LogP contribution in [-0.2, 0) is 0 Å². The maximum Gasteiger partial charge on any atom is 0.0346 e. The van der Waals surface area contributed by atoms with Crippen molar-refractivity contribution in [3.8, 4) is 0 Å². The Labute approximate surface area is 175 Å². The highest BCUT2D eigenvalue weighted by Gasteiger charge is 2.46. The van der Waals surface area contributed by atoms with Gasteiger partial charge >= 0.3 is 0 Å². The normalized spacial score (nSPS) is 40.6. The molecule has 0 aromatic heterocycles. The van der Waals surface area contributed by atoms with Crippen LogP contribution in [0.1, 0.15) is 97.3 Å². The molecule has 4 aliphatic rings. The minimum Gasteiger partial charge on any atom is -0.374 e. The third-order valence-corrected chi connectivity index (χ3v) is 9.34. The van der Waals surface area contributed by atoms with Crippen LogP contribution >= 0.6 is 0 Å². The highest BCUT2D eigenvalue weighted by atomic mass is 15.2. The van der Waals surface area contributed by atoms with Gasteiger partial charge in [0, 0.05) is 12.6 Å². The number of allylic oxidation sites excluding steroid dienone is 2. The highest BCUT2D eigenvalue weighted by Crippen LogP contribution is 2.52. The molecule has 28 heavy (non-hydrogen) atoms. The van der Waals surface area contributed by atoms with Crippen molar-refractivity contribution in [1.82, 2.24) is 4.90 Å². The lowest BCUT2D eigenvalue weighted by molar-refractivity contribution is 0.0561. The maximum atomic E-state index is 4.40. The molecule has 0 N–H and O–H groups in total. The average molecular weight is 384 g/mol. The molecule has 0 aromatic rings. The fourth-order valence-electron chi connectivity index (χ4n) is 7.53. The molecule has 1 nitrogen and oxygen atoms in total. The van der Waals surface area contributed by atoms with Crippen LogP contribution in [0, 0.1) is 35.5 Å². The fraction of sp³-hybridized carbons (Fsp3) is 0.852. The van der Waals surface area contributed by atoms with Crippen molar-refractivity contribution >= 4 is 0 Å². The molecule has 1 aliphatic heterocycles. The Morgan fingerprint density at radius 1 is 0.857 bits per heavy atom. The Hall–Kier alpha value is -0.720. The molecule has 0 bridgehead atoms. The molecule has 0 amide bonds. The van der Waals surface area contributed by atoms with Gasteiger partial charge in [0.25, 0.3) is 0 Å². The first-order chi connectivity index (χ1) is 13.7. The third-order valence-electron chi connectivity index (χ3n) is 9.34. The predicted molar refractivity (Wildman–Crippen MR) is 121 cm³/mol. The van der Waals surface area contributed by atoms with Gasteiger partial charge in [-0.2, -0.15) is 0 Å². The topological polar surface area (TPSA) is 3.24 Å². The first-order valence-corrected chi connectivity index (χ1v) is 12.8. The molecular weight excluding hydrogens is 338 g/mol. The summed E-state index contributed by atoms with van der Waals surface area (Å²) in [7, 11) is 0. The molecule has 0 aromatic carbocycles. The number of rotatable bonds is 4. The van der Waals surface area contributed by atoms with E-state index in [1.54, 1.807) is 0 Å². The van der Waals surface area contributed by atoms with Crippen molar-refractivity contribution in [2.75, 3.05) is 6.54 Å². The van der Waals surface area contributed by atoms with Gasteiger partial charge in [0.2, 0.25) is 0 Å². The minimum atomic E-state index is 0.786. The highest BCUT2D eigenvalue weighted by molar-refractivity contribution is 5.06. The molecule has 6 atom stereocenters. The van der Waals surface area contributed by atoms with E-state index in [1.165, 1.54) is 95.6 Å². The predicted octanol–water partition coefficient (Wildman–Crippen LogP) is 7.59. The molecule has 4 rings (SSSR count). The quantitative estimate of drug-likeness (QED) is 0.452. The summed E-state index contributed by atoms with van der Waals surface area (Å²) in [4.78, 5) is 2.75. The third kappa shape index (κ3) is 4.24. The molecule has 0 spiro atoms. The molecule has 1 heteroatoms. The standard InChI is InChI=1S/C27H45N/c1-4-28-19-9-14-26(25-18-17-24(21(25)3)22-12-8-13-22)27(28)23-11-7-5-6-10-20(2)15-16-23/h9,19,21-27H,2,4-8,10-18H2,1,3H3. The molecular formula is C27H45N. The van der Waals surface area contributed by atoms with E-state index in [9.17, 15) is 0 Å². The van der Waals surface area contributed by atoms with E-state index in [2.05, 4.69) is 37.6 Å². The molecule has 3 aliphatic carbocycles. The van der Waals surface area contributed by atoms with Crippen molar-refractivity contribution in [1.29, 1.82) is 0 Å². The van der Waals surface area contributed by atoms with Crippen molar-refractivity contribution in [2.45, 2.75) is 103 Å². The second kappa shape index (κ2) is 9.40. The summed E-state index contributed by atoms with van der Waals surface area (Å²) in [6, 6.07) is 0.786. The van der Waals surface area contributed by atoms with Crippen molar-refractivity contribution in [2.24, 2.45) is 35.5 Å². The number of hydrogen-bond donors (Lipinski definition) is 0. The minimum absolute atomic E-state index is 0.786. The number of hydrogen-bond acceptors (Lipinski definition) is 1. The van der Waals surface area contributed by atoms with E-state index in [0.29, 0.717) is 0 Å². The lowest BCUT2D eigenvalue weighted by Crippen LogP contribution is -2.48. The monoisotopic (exact) mass is 383 g/mol. The zero-order valence-electron chi connectivity index (χ0n) is 18.7. The van der Waals surface area contributed by atoms with Gasteiger partial charge < -0.3 is 4.90 Å². The zero-order valence-corrected chi connectivity index (χ0v) is 18.7. The summed E-state index contributed by atoms with van der Waals surface area (Å²) in [5, 5.41) is 0. The van der Waals surface area contributed by atoms with Gasteiger partial charge in [0.1, 0.15) is 0 Å². The van der Waals surface area contributed by atoms with Gasteiger partial charge in [-0.25, -0.2) is 0 Å². The van der Waals surface area contributed by atoms with Crippen LogP contribution in [0.4, 0.5) is 0 Å². The second-order valence-electron chi connectivity index (χ2n) is 10.7. The van der Waals surface area contributed by atoms with Crippen LogP contribution in [0.25, 0.3) is 0 Å². The van der Waals surface area contributed by atoms with Crippen LogP contribution < -0.4 is 0 Å². The summed E-state index contributed by atoms with van der Waals surface area (Å²) in [6.07, 6.45) is 23.5. The van der Waals surface area contributed by atoms with Crippen molar-refractivity contribution < 1.29 is 0 Å². The average Bonchev–Trinajstić information content (AvgIpc) is 3.07. The Morgan fingerprint density at radius 3 is 2.39 bits per heavy atom. The lowest BCUT2D eigenvalue weighted by atomic mass is 9.66. The fourth-order valence-corrected chi connectivity index (χ4v) is 7.53. The van der Waals surface area contributed by atoms with E-state index in [1.807, 2.05) is 0 Å². The molecule has 158 valence electrons. The molecule has 1 heterocycles. The molecule has 0 saturated heterocycles. The van der Waals surface area contributed by atoms with Crippen LogP contribution in [0.5, 0.6) is 0 Å². The Morgan fingerprint density at radius 2 is 1.64 bits per heavy atom. The van der Waals surface area contributed by atoms with E-state index in [0.717, 1.165) is 41.5 Å². The van der Waals surface area contributed by atoms with Gasteiger partial charge in [0.15, 0.2) is 0 Å². The van der Waals surface area contributed by atoms with Gasteiger partial charge in [-0.1, -0.05) is 57.3 Å². The Kier molecular flexibility index (Phi) is 6.90. The Bertz CT molecular complexity index is 544. The lowest BCUT2D eigenvalue weighted by Gasteiger charge is -2.47. The van der Waals surface area contributed by atoms with E-state index in [-0.39, 0.29) is 0 Å². The van der Waals surface area contributed by atoms with E-state index >= 15 is 0 Å². The van der Waals surface area contributed by atoms with Gasteiger partial charge in [-0.3, -0.25) is 0 Å². The number of nitrogens with zero attached hydrogens (tertiary/aromatic N) is 1. The molecule has 0 radical (unpaired) electrons. The maximum absolute atomic E-state index is 4.40. The van der Waals surface area contributed by atoms with Gasteiger partial charge in [-0.05, 0) is 100.0 Å². The summed E-state index contributed by atoms with van der Waals surface area (Å²) in [5.41, 5.74) is 1.53. The van der Waals surface area contributed by atoms with Crippen LogP contribution in [0.3, 0.4) is 0 Å². The summed E-state index contributed by atoms with van der Waals surface area (Å²) in [5.74, 6) is 5.80. The van der Waals surface area contributed by atoms with Gasteiger partial charge in [-0.15, -0.1) is 0 Å².